The van der Waals surface area contributed by atoms with Crippen LogP contribution >= 0.6 is 11.6 Å². The first-order valence-electron chi connectivity index (χ1n) is 12.0. The lowest BCUT2D eigenvalue weighted by atomic mass is 10.1. The molecule has 3 aromatic heterocycles. The fourth-order valence-corrected chi connectivity index (χ4v) is 4.36. The Bertz CT molecular complexity index is 1570. The predicted octanol–water partition coefficient (Wildman–Crippen LogP) is 5.16. The first-order chi connectivity index (χ1) is 18.6. The minimum atomic E-state index is -0.310. The molecule has 4 heterocycles. The molecular formula is C27H22ClFN8O. The molecular weight excluding hydrogens is 507 g/mol. The highest BCUT2D eigenvalue weighted by Gasteiger charge is 2.14. The molecule has 0 saturated carbocycles. The Morgan fingerprint density at radius 2 is 1.74 bits per heavy atom. The van der Waals surface area contributed by atoms with E-state index in [1.807, 2.05) is 30.3 Å². The van der Waals surface area contributed by atoms with Gasteiger partial charge < -0.3 is 15.0 Å². The van der Waals surface area contributed by atoms with E-state index in [4.69, 9.17) is 16.3 Å². The van der Waals surface area contributed by atoms with Crippen LogP contribution in [0.3, 0.4) is 0 Å². The number of aromatic nitrogens is 6. The zero-order valence-corrected chi connectivity index (χ0v) is 20.9. The summed E-state index contributed by atoms with van der Waals surface area (Å²) in [5, 5.41) is 8.25. The van der Waals surface area contributed by atoms with E-state index in [-0.39, 0.29) is 5.82 Å². The number of hydrogen-bond donors (Lipinski definition) is 1. The normalized spacial score (nSPS) is 13.5. The van der Waals surface area contributed by atoms with E-state index in [9.17, 15) is 4.39 Å². The smallest absolute Gasteiger partial charge is 0.227 e. The van der Waals surface area contributed by atoms with Crippen LogP contribution < -0.4 is 10.2 Å². The van der Waals surface area contributed by atoms with Gasteiger partial charge in [0.25, 0.3) is 0 Å². The third kappa shape index (κ3) is 5.31. The van der Waals surface area contributed by atoms with Crippen LogP contribution in [-0.2, 0) is 4.74 Å². The molecule has 0 unspecified atom stereocenters. The van der Waals surface area contributed by atoms with E-state index in [0.717, 1.165) is 35.7 Å². The minimum Gasteiger partial charge on any atom is -0.378 e. The third-order valence-electron chi connectivity index (χ3n) is 6.05. The summed E-state index contributed by atoms with van der Waals surface area (Å²) in [7, 11) is 0. The largest absolute Gasteiger partial charge is 0.378 e. The lowest BCUT2D eigenvalue weighted by Gasteiger charge is -2.29. The van der Waals surface area contributed by atoms with Crippen molar-refractivity contribution in [1.29, 1.82) is 0 Å². The number of ether oxygens (including phenoxy) is 1. The summed E-state index contributed by atoms with van der Waals surface area (Å²) in [4.78, 5) is 19.5. The second-order valence-corrected chi connectivity index (χ2v) is 9.08. The van der Waals surface area contributed by atoms with Crippen LogP contribution in [0.15, 0.2) is 79.5 Å². The number of morpholine rings is 1. The Kier molecular flexibility index (Phi) is 6.63. The molecule has 190 valence electrons. The summed E-state index contributed by atoms with van der Waals surface area (Å²) in [5.41, 5.74) is 4.48. The van der Waals surface area contributed by atoms with Gasteiger partial charge in [-0.1, -0.05) is 11.6 Å². The molecule has 0 atom stereocenters. The fourth-order valence-electron chi connectivity index (χ4n) is 4.19. The summed E-state index contributed by atoms with van der Waals surface area (Å²) in [5.74, 6) is 0.626. The standard InChI is InChI=1S/C27H22ClFN8O/c28-20-11-19(15-30-16-20)26-32-17-37(35-26)23-3-1-22(2-4-23)33-27-31-6-5-25(34-27)18-12-21(29)14-24(13-18)36-7-9-38-10-8-36/h1-6,11-17H,7-10H2,(H,31,33,34). The summed E-state index contributed by atoms with van der Waals surface area (Å²) in [6.07, 6.45) is 6.52. The molecule has 1 N–H and O–H groups in total. The monoisotopic (exact) mass is 528 g/mol. The van der Waals surface area contributed by atoms with Gasteiger partial charge in [0.15, 0.2) is 5.82 Å². The lowest BCUT2D eigenvalue weighted by molar-refractivity contribution is 0.122. The molecule has 2 aromatic carbocycles. The Balaban J connectivity index is 1.18. The first-order valence-corrected chi connectivity index (χ1v) is 12.4. The summed E-state index contributed by atoms with van der Waals surface area (Å²) >= 11 is 6.03. The van der Waals surface area contributed by atoms with Gasteiger partial charge in [0, 0.05) is 54.2 Å². The van der Waals surface area contributed by atoms with Gasteiger partial charge >= 0.3 is 0 Å². The number of rotatable bonds is 6. The number of halogens is 2. The van der Waals surface area contributed by atoms with Gasteiger partial charge in [-0.3, -0.25) is 4.98 Å². The molecule has 1 saturated heterocycles. The van der Waals surface area contributed by atoms with Crippen molar-refractivity contribution in [3.8, 4) is 28.3 Å². The highest BCUT2D eigenvalue weighted by Crippen LogP contribution is 2.27. The average Bonchev–Trinajstić information content (AvgIpc) is 3.44. The van der Waals surface area contributed by atoms with Crippen LogP contribution in [0.1, 0.15) is 0 Å². The van der Waals surface area contributed by atoms with Crippen LogP contribution in [0.5, 0.6) is 0 Å². The zero-order valence-electron chi connectivity index (χ0n) is 20.1. The Labute approximate surface area is 222 Å². The molecule has 0 amide bonds. The molecule has 0 spiro atoms. The highest BCUT2D eigenvalue weighted by molar-refractivity contribution is 6.30. The summed E-state index contributed by atoms with van der Waals surface area (Å²) in [6, 6.07) is 16.1. The van der Waals surface area contributed by atoms with Crippen molar-refractivity contribution in [2.75, 3.05) is 36.5 Å². The number of hydrogen-bond acceptors (Lipinski definition) is 8. The maximum Gasteiger partial charge on any atom is 0.227 e. The van der Waals surface area contributed by atoms with E-state index in [0.29, 0.717) is 41.3 Å². The van der Waals surface area contributed by atoms with Crippen LogP contribution in [-0.4, -0.2) is 56.0 Å². The molecule has 11 heteroatoms. The SMILES string of the molecule is Fc1cc(-c2ccnc(Nc3ccc(-n4cnc(-c5cncc(Cl)c5)n4)cc3)n2)cc(N2CCOCC2)c1. The molecule has 0 aliphatic carbocycles. The maximum atomic E-state index is 14.5. The maximum absolute atomic E-state index is 14.5. The fraction of sp³-hybridized carbons (Fsp3) is 0.148. The number of nitrogens with zero attached hydrogens (tertiary/aromatic N) is 7. The van der Waals surface area contributed by atoms with Crippen LogP contribution in [0.2, 0.25) is 5.02 Å². The molecule has 6 rings (SSSR count). The van der Waals surface area contributed by atoms with Crippen molar-refractivity contribution >= 4 is 28.9 Å². The van der Waals surface area contributed by atoms with E-state index < -0.39 is 0 Å². The van der Waals surface area contributed by atoms with E-state index in [2.05, 4.69) is 35.3 Å². The molecule has 0 radical (unpaired) electrons. The topological polar surface area (TPSA) is 93.9 Å². The van der Waals surface area contributed by atoms with Crippen molar-refractivity contribution in [3.05, 3.63) is 90.4 Å². The van der Waals surface area contributed by atoms with Crippen molar-refractivity contribution in [1.82, 2.24) is 29.7 Å². The van der Waals surface area contributed by atoms with Gasteiger partial charge in [0.1, 0.15) is 12.1 Å². The van der Waals surface area contributed by atoms with Crippen LogP contribution in [0.25, 0.3) is 28.3 Å². The Morgan fingerprint density at radius 3 is 2.55 bits per heavy atom. The highest BCUT2D eigenvalue weighted by atomic mass is 35.5. The van der Waals surface area contributed by atoms with E-state index in [1.165, 1.54) is 6.07 Å². The van der Waals surface area contributed by atoms with Crippen LogP contribution in [0, 0.1) is 5.82 Å². The quantitative estimate of drug-likeness (QED) is 0.323. The van der Waals surface area contributed by atoms with Gasteiger partial charge in [0.05, 0.1) is 29.6 Å². The molecule has 1 aliphatic heterocycles. The predicted molar refractivity (Wildman–Crippen MR) is 143 cm³/mol. The van der Waals surface area contributed by atoms with E-state index in [1.54, 1.807) is 47.8 Å². The van der Waals surface area contributed by atoms with E-state index >= 15 is 0 Å². The van der Waals surface area contributed by atoms with Crippen LogP contribution in [0.4, 0.5) is 21.7 Å². The molecule has 5 aromatic rings. The molecule has 0 bridgehead atoms. The van der Waals surface area contributed by atoms with Crippen molar-refractivity contribution < 1.29 is 9.13 Å². The number of nitrogens with one attached hydrogen (secondary N) is 1. The van der Waals surface area contributed by atoms with Crippen molar-refractivity contribution in [2.45, 2.75) is 0 Å². The summed E-state index contributed by atoms with van der Waals surface area (Å²) < 4.78 is 21.6. The van der Waals surface area contributed by atoms with Gasteiger partial charge in [-0.15, -0.1) is 5.10 Å². The molecule has 38 heavy (non-hydrogen) atoms. The van der Waals surface area contributed by atoms with Gasteiger partial charge in [-0.05, 0) is 54.6 Å². The number of benzene rings is 2. The average molecular weight is 529 g/mol. The van der Waals surface area contributed by atoms with Gasteiger partial charge in [-0.2, -0.15) is 0 Å². The first kappa shape index (κ1) is 24.0. The lowest BCUT2D eigenvalue weighted by Crippen LogP contribution is -2.36. The Morgan fingerprint density at radius 1 is 0.895 bits per heavy atom. The van der Waals surface area contributed by atoms with Crippen molar-refractivity contribution in [3.63, 3.8) is 0 Å². The number of pyridine rings is 1. The zero-order chi connectivity index (χ0) is 25.9. The minimum absolute atomic E-state index is 0.310. The van der Waals surface area contributed by atoms with Gasteiger partial charge in [-0.25, -0.2) is 24.0 Å². The van der Waals surface area contributed by atoms with Gasteiger partial charge in [0.2, 0.25) is 5.95 Å². The Hall–Kier alpha value is -4.41. The molecule has 1 aliphatic rings. The molecule has 9 nitrogen and oxygen atoms in total. The molecule has 1 fully saturated rings. The third-order valence-corrected chi connectivity index (χ3v) is 6.26. The second kappa shape index (κ2) is 10.5. The summed E-state index contributed by atoms with van der Waals surface area (Å²) in [6.45, 7) is 2.71. The number of anilines is 3. The second-order valence-electron chi connectivity index (χ2n) is 8.64. The van der Waals surface area contributed by atoms with Crippen molar-refractivity contribution in [2.24, 2.45) is 0 Å².